The summed E-state index contributed by atoms with van der Waals surface area (Å²) in [5, 5.41) is 7.36. The summed E-state index contributed by atoms with van der Waals surface area (Å²) in [4.78, 5) is 4.17. The summed E-state index contributed by atoms with van der Waals surface area (Å²) in [7, 11) is 0. The highest BCUT2D eigenvalue weighted by Crippen LogP contribution is 2.35. The molecule has 1 atom stereocenters. The van der Waals surface area contributed by atoms with Crippen molar-refractivity contribution in [2.75, 3.05) is 18.5 Å². The quantitative estimate of drug-likeness (QED) is 0.656. The van der Waals surface area contributed by atoms with Crippen LogP contribution < -0.4 is 10.1 Å². The van der Waals surface area contributed by atoms with Gasteiger partial charge in [0.05, 0.1) is 18.4 Å². The summed E-state index contributed by atoms with van der Waals surface area (Å²) in [5.74, 6) is 0.0752. The highest BCUT2D eigenvalue weighted by Gasteiger charge is 2.22. The summed E-state index contributed by atoms with van der Waals surface area (Å²) in [6.45, 7) is 5.41. The molecule has 1 aliphatic heterocycles. The largest absolute Gasteiger partial charge is 0.491 e. The summed E-state index contributed by atoms with van der Waals surface area (Å²) >= 11 is 0. The van der Waals surface area contributed by atoms with Gasteiger partial charge in [0.15, 0.2) is 0 Å². The van der Waals surface area contributed by atoms with Gasteiger partial charge in [0.1, 0.15) is 23.7 Å². The Morgan fingerprint density at radius 3 is 2.66 bits per heavy atom. The third kappa shape index (κ3) is 4.54. The first-order valence-corrected chi connectivity index (χ1v) is 9.51. The van der Waals surface area contributed by atoms with Crippen molar-refractivity contribution in [3.63, 3.8) is 0 Å². The minimum absolute atomic E-state index is 0.0338. The number of hydrogen-bond acceptors (Lipinski definition) is 5. The van der Waals surface area contributed by atoms with Gasteiger partial charge in [0.2, 0.25) is 5.95 Å². The standard InChI is InChI=1S/C21H22F2N4O2/c1-13(2)29-20-10-17(3-4-19(20)14-5-6-28-11-14)25-21-24-12-27(26-21)18-8-15(22)7-16(23)9-18/h3-4,7-10,12-14H,5-6,11H2,1-2H3,(H,25,26). The van der Waals surface area contributed by atoms with E-state index in [0.717, 1.165) is 36.1 Å². The molecular formula is C21H22F2N4O2. The highest BCUT2D eigenvalue weighted by atomic mass is 19.1. The molecule has 1 unspecified atom stereocenters. The number of hydrogen-bond donors (Lipinski definition) is 1. The van der Waals surface area contributed by atoms with Crippen LogP contribution in [0, 0.1) is 11.6 Å². The van der Waals surface area contributed by atoms with E-state index >= 15 is 0 Å². The van der Waals surface area contributed by atoms with Crippen LogP contribution in [0.2, 0.25) is 0 Å². The van der Waals surface area contributed by atoms with Crippen molar-refractivity contribution in [3.8, 4) is 11.4 Å². The van der Waals surface area contributed by atoms with Crippen LogP contribution in [0.5, 0.6) is 5.75 Å². The molecule has 2 aromatic carbocycles. The van der Waals surface area contributed by atoms with Gasteiger partial charge in [-0.3, -0.25) is 0 Å². The smallest absolute Gasteiger partial charge is 0.246 e. The van der Waals surface area contributed by atoms with Gasteiger partial charge in [0, 0.05) is 30.3 Å². The number of anilines is 2. The fourth-order valence-electron chi connectivity index (χ4n) is 3.33. The van der Waals surface area contributed by atoms with E-state index in [1.165, 1.54) is 23.1 Å². The molecule has 1 N–H and O–H groups in total. The second-order valence-electron chi connectivity index (χ2n) is 7.25. The van der Waals surface area contributed by atoms with Crippen molar-refractivity contribution in [2.24, 2.45) is 0 Å². The van der Waals surface area contributed by atoms with E-state index in [2.05, 4.69) is 15.4 Å². The Hall–Kier alpha value is -3.00. The molecule has 2 heterocycles. The Morgan fingerprint density at radius 1 is 1.17 bits per heavy atom. The van der Waals surface area contributed by atoms with Gasteiger partial charge in [-0.15, -0.1) is 5.10 Å². The van der Waals surface area contributed by atoms with Crippen LogP contribution in [-0.2, 0) is 4.74 Å². The van der Waals surface area contributed by atoms with Gasteiger partial charge in [-0.25, -0.2) is 13.5 Å². The first kappa shape index (κ1) is 19.3. The summed E-state index contributed by atoms with van der Waals surface area (Å²) in [5.41, 5.74) is 2.13. The van der Waals surface area contributed by atoms with Crippen LogP contribution in [0.1, 0.15) is 31.7 Å². The third-order valence-corrected chi connectivity index (χ3v) is 4.61. The number of aromatic nitrogens is 3. The van der Waals surface area contributed by atoms with Crippen LogP contribution in [0.25, 0.3) is 5.69 Å². The van der Waals surface area contributed by atoms with E-state index < -0.39 is 11.6 Å². The molecule has 4 rings (SSSR count). The number of benzene rings is 2. The maximum absolute atomic E-state index is 13.4. The van der Waals surface area contributed by atoms with Crippen molar-refractivity contribution >= 4 is 11.6 Å². The van der Waals surface area contributed by atoms with Gasteiger partial charge in [-0.05, 0) is 44.0 Å². The van der Waals surface area contributed by atoms with E-state index in [0.29, 0.717) is 18.5 Å². The first-order chi connectivity index (χ1) is 14.0. The lowest BCUT2D eigenvalue weighted by atomic mass is 9.97. The average Bonchev–Trinajstić information content (AvgIpc) is 3.33. The lowest BCUT2D eigenvalue weighted by molar-refractivity contribution is 0.192. The zero-order chi connectivity index (χ0) is 20.4. The number of nitrogens with one attached hydrogen (secondary N) is 1. The summed E-state index contributed by atoms with van der Waals surface area (Å²) in [6, 6.07) is 9.06. The molecule has 0 bridgehead atoms. The molecule has 1 aliphatic rings. The monoisotopic (exact) mass is 400 g/mol. The number of ether oxygens (including phenoxy) is 2. The molecule has 0 aliphatic carbocycles. The van der Waals surface area contributed by atoms with Crippen LogP contribution in [0.4, 0.5) is 20.4 Å². The molecule has 0 saturated carbocycles. The fourth-order valence-corrected chi connectivity index (χ4v) is 3.33. The van der Waals surface area contributed by atoms with Crippen molar-refractivity contribution < 1.29 is 18.3 Å². The topological polar surface area (TPSA) is 61.2 Å². The van der Waals surface area contributed by atoms with Crippen LogP contribution in [0.15, 0.2) is 42.7 Å². The van der Waals surface area contributed by atoms with Crippen molar-refractivity contribution in [3.05, 3.63) is 59.9 Å². The molecule has 0 radical (unpaired) electrons. The van der Waals surface area contributed by atoms with E-state index in [-0.39, 0.29) is 11.8 Å². The van der Waals surface area contributed by atoms with Crippen LogP contribution in [0.3, 0.4) is 0 Å². The number of halogens is 2. The second-order valence-corrected chi connectivity index (χ2v) is 7.25. The molecule has 1 saturated heterocycles. The number of nitrogens with zero attached hydrogens (tertiary/aromatic N) is 3. The molecular weight excluding hydrogens is 378 g/mol. The average molecular weight is 400 g/mol. The van der Waals surface area contributed by atoms with Gasteiger partial charge >= 0.3 is 0 Å². The fraction of sp³-hybridized carbons (Fsp3) is 0.333. The van der Waals surface area contributed by atoms with Gasteiger partial charge in [-0.2, -0.15) is 4.98 Å². The van der Waals surface area contributed by atoms with Crippen LogP contribution >= 0.6 is 0 Å². The Kier molecular flexibility index (Phi) is 5.44. The molecule has 0 spiro atoms. The molecule has 1 fully saturated rings. The molecule has 6 nitrogen and oxygen atoms in total. The Bertz CT molecular complexity index is 980. The first-order valence-electron chi connectivity index (χ1n) is 9.51. The normalized spacial score (nSPS) is 16.4. The van der Waals surface area contributed by atoms with Crippen molar-refractivity contribution in [2.45, 2.75) is 32.3 Å². The lowest BCUT2D eigenvalue weighted by Crippen LogP contribution is -2.10. The molecule has 0 amide bonds. The van der Waals surface area contributed by atoms with Crippen LogP contribution in [-0.4, -0.2) is 34.1 Å². The maximum Gasteiger partial charge on any atom is 0.246 e. The molecule has 1 aromatic heterocycles. The maximum atomic E-state index is 13.4. The van der Waals surface area contributed by atoms with E-state index in [1.54, 1.807) is 0 Å². The molecule has 3 aromatic rings. The summed E-state index contributed by atoms with van der Waals surface area (Å²) in [6.07, 6.45) is 2.40. The van der Waals surface area contributed by atoms with E-state index in [1.807, 2.05) is 32.0 Å². The van der Waals surface area contributed by atoms with Gasteiger partial charge in [0.25, 0.3) is 0 Å². The third-order valence-electron chi connectivity index (χ3n) is 4.61. The van der Waals surface area contributed by atoms with E-state index in [9.17, 15) is 8.78 Å². The minimum atomic E-state index is -0.674. The highest BCUT2D eigenvalue weighted by molar-refractivity contribution is 5.58. The Balaban J connectivity index is 1.57. The minimum Gasteiger partial charge on any atom is -0.491 e. The zero-order valence-corrected chi connectivity index (χ0v) is 16.2. The van der Waals surface area contributed by atoms with Crippen molar-refractivity contribution in [1.82, 2.24) is 14.8 Å². The second kappa shape index (κ2) is 8.16. The lowest BCUT2D eigenvalue weighted by Gasteiger charge is -2.18. The van der Waals surface area contributed by atoms with Crippen molar-refractivity contribution in [1.29, 1.82) is 0 Å². The molecule has 29 heavy (non-hydrogen) atoms. The molecule has 8 heteroatoms. The van der Waals surface area contributed by atoms with Gasteiger partial charge in [-0.1, -0.05) is 6.07 Å². The Labute approximate surface area is 167 Å². The Morgan fingerprint density at radius 2 is 1.97 bits per heavy atom. The molecule has 152 valence electrons. The predicted octanol–water partition coefficient (Wildman–Crippen LogP) is 4.58. The SMILES string of the molecule is CC(C)Oc1cc(Nc2ncn(-c3cc(F)cc(F)c3)n2)ccc1C1CCOC1. The predicted molar refractivity (Wildman–Crippen MR) is 105 cm³/mol. The number of rotatable bonds is 6. The van der Waals surface area contributed by atoms with Gasteiger partial charge < -0.3 is 14.8 Å². The summed E-state index contributed by atoms with van der Waals surface area (Å²) < 4.78 is 39.7. The zero-order valence-electron chi connectivity index (χ0n) is 16.2. The van der Waals surface area contributed by atoms with E-state index in [4.69, 9.17) is 9.47 Å².